The second-order valence-corrected chi connectivity index (χ2v) is 4.99. The average Bonchev–Trinajstić information content (AvgIpc) is 2.67. The molecule has 0 amide bonds. The molecule has 0 aliphatic carbocycles. The fraction of sp³-hybridized carbons (Fsp3) is 1.00. The lowest BCUT2D eigenvalue weighted by Crippen LogP contribution is -2.54. The molecule has 2 N–H and O–H groups in total. The van der Waals surface area contributed by atoms with Crippen LogP contribution in [0.1, 0.15) is 13.3 Å². The van der Waals surface area contributed by atoms with Gasteiger partial charge in [-0.1, -0.05) is 0 Å². The van der Waals surface area contributed by atoms with Gasteiger partial charge in [-0.05, 0) is 27.4 Å². The van der Waals surface area contributed by atoms with Gasteiger partial charge in [0.15, 0.2) is 0 Å². The van der Waals surface area contributed by atoms with Crippen molar-refractivity contribution in [3.05, 3.63) is 0 Å². The van der Waals surface area contributed by atoms with Crippen LogP contribution in [-0.2, 0) is 4.74 Å². The van der Waals surface area contributed by atoms with Crippen molar-refractivity contribution in [1.29, 1.82) is 0 Å². The summed E-state index contributed by atoms with van der Waals surface area (Å²) in [5, 5.41) is 0. The van der Waals surface area contributed by atoms with E-state index in [4.69, 9.17) is 10.5 Å². The molecule has 2 atom stereocenters. The lowest BCUT2D eigenvalue weighted by Gasteiger charge is -2.37. The molecule has 4 nitrogen and oxygen atoms in total. The Hall–Kier alpha value is -0.160. The quantitative estimate of drug-likeness (QED) is 0.700. The van der Waals surface area contributed by atoms with Crippen LogP contribution in [-0.4, -0.2) is 68.8 Å². The summed E-state index contributed by atoms with van der Waals surface area (Å²) in [7, 11) is 6.03. The molecular weight excluding hydrogens is 190 g/mol. The molecule has 15 heavy (non-hydrogen) atoms. The minimum absolute atomic E-state index is 0.000486. The fourth-order valence-electron chi connectivity index (χ4n) is 2.24. The Bertz CT molecular complexity index is 198. The maximum atomic E-state index is 5.86. The van der Waals surface area contributed by atoms with E-state index >= 15 is 0 Å². The Morgan fingerprint density at radius 3 is 2.60 bits per heavy atom. The van der Waals surface area contributed by atoms with E-state index in [1.165, 1.54) is 6.42 Å². The monoisotopic (exact) mass is 215 g/mol. The number of rotatable bonds is 5. The molecule has 2 unspecified atom stereocenters. The zero-order valence-electron chi connectivity index (χ0n) is 10.5. The molecule has 0 saturated carbocycles. The molecule has 1 aliphatic rings. The zero-order chi connectivity index (χ0) is 11.5. The number of likely N-dealkylation sites (N-methyl/N-ethyl adjacent to an activating group) is 1. The van der Waals surface area contributed by atoms with Crippen LogP contribution < -0.4 is 5.73 Å². The molecule has 0 aromatic rings. The summed E-state index contributed by atoms with van der Waals surface area (Å²) in [4.78, 5) is 4.75. The van der Waals surface area contributed by atoms with E-state index in [0.29, 0.717) is 19.2 Å². The summed E-state index contributed by atoms with van der Waals surface area (Å²) in [6.45, 7) is 5.78. The number of methoxy groups -OCH3 is 1. The van der Waals surface area contributed by atoms with Crippen LogP contribution in [0.2, 0.25) is 0 Å². The molecule has 1 fully saturated rings. The zero-order valence-corrected chi connectivity index (χ0v) is 10.5. The van der Waals surface area contributed by atoms with Gasteiger partial charge >= 0.3 is 0 Å². The number of nitrogens with two attached hydrogens (primary N) is 1. The Morgan fingerprint density at radius 2 is 2.20 bits per heavy atom. The Labute approximate surface area is 93.4 Å². The molecule has 0 radical (unpaired) electrons. The topological polar surface area (TPSA) is 41.7 Å². The molecule has 90 valence electrons. The van der Waals surface area contributed by atoms with Crippen molar-refractivity contribution in [2.24, 2.45) is 5.73 Å². The highest BCUT2D eigenvalue weighted by Gasteiger charge is 2.36. The third kappa shape index (κ3) is 2.91. The van der Waals surface area contributed by atoms with Crippen LogP contribution in [0.4, 0.5) is 0 Å². The van der Waals surface area contributed by atoms with Gasteiger partial charge in [0.1, 0.15) is 0 Å². The third-order valence-corrected chi connectivity index (χ3v) is 3.55. The van der Waals surface area contributed by atoms with Gasteiger partial charge in [-0.25, -0.2) is 0 Å². The maximum absolute atomic E-state index is 5.86. The minimum atomic E-state index is -0.000486. The van der Waals surface area contributed by atoms with Crippen LogP contribution in [0.5, 0.6) is 0 Å². The molecule has 1 saturated heterocycles. The van der Waals surface area contributed by atoms with Crippen LogP contribution in [0, 0.1) is 0 Å². The molecular formula is C11H25N3O. The highest BCUT2D eigenvalue weighted by atomic mass is 16.5. The number of likely N-dealkylation sites (tertiary alicyclic amines) is 1. The highest BCUT2D eigenvalue weighted by molar-refractivity contribution is 4.94. The summed E-state index contributed by atoms with van der Waals surface area (Å²) in [6.07, 6.45) is 1.23. The Kier molecular flexibility index (Phi) is 4.52. The largest absolute Gasteiger partial charge is 0.383 e. The summed E-state index contributed by atoms with van der Waals surface area (Å²) >= 11 is 0. The first kappa shape index (κ1) is 12.9. The van der Waals surface area contributed by atoms with Gasteiger partial charge in [-0.3, -0.25) is 4.90 Å². The van der Waals surface area contributed by atoms with Crippen LogP contribution in [0.3, 0.4) is 0 Å². The van der Waals surface area contributed by atoms with Gasteiger partial charge < -0.3 is 15.4 Å². The van der Waals surface area contributed by atoms with Gasteiger partial charge in [0.05, 0.1) is 12.1 Å². The second kappa shape index (κ2) is 5.25. The summed E-state index contributed by atoms with van der Waals surface area (Å²) in [6, 6.07) is 0.660. The summed E-state index contributed by atoms with van der Waals surface area (Å²) in [5.74, 6) is 0. The second-order valence-electron chi connectivity index (χ2n) is 4.99. The van der Waals surface area contributed by atoms with Gasteiger partial charge in [0, 0.05) is 32.8 Å². The van der Waals surface area contributed by atoms with Crippen LogP contribution >= 0.6 is 0 Å². The molecule has 1 rings (SSSR count). The minimum Gasteiger partial charge on any atom is -0.383 e. The molecule has 0 bridgehead atoms. The lowest BCUT2D eigenvalue weighted by atomic mass is 10.0. The first-order valence-corrected chi connectivity index (χ1v) is 5.64. The third-order valence-electron chi connectivity index (χ3n) is 3.55. The number of hydrogen-bond donors (Lipinski definition) is 1. The highest BCUT2D eigenvalue weighted by Crippen LogP contribution is 2.22. The van der Waals surface area contributed by atoms with Gasteiger partial charge in [0.2, 0.25) is 0 Å². The summed E-state index contributed by atoms with van der Waals surface area (Å²) < 4.78 is 5.27. The van der Waals surface area contributed by atoms with Crippen molar-refractivity contribution < 1.29 is 4.74 Å². The van der Waals surface area contributed by atoms with Crippen molar-refractivity contribution in [3.8, 4) is 0 Å². The van der Waals surface area contributed by atoms with Crippen molar-refractivity contribution in [3.63, 3.8) is 0 Å². The predicted molar refractivity (Wildman–Crippen MR) is 63.0 cm³/mol. The Balaban J connectivity index is 2.57. The van der Waals surface area contributed by atoms with Gasteiger partial charge in [-0.2, -0.15) is 0 Å². The molecule has 1 heterocycles. The van der Waals surface area contributed by atoms with Gasteiger partial charge in [0.25, 0.3) is 0 Å². The van der Waals surface area contributed by atoms with Crippen LogP contribution in [0.15, 0.2) is 0 Å². The molecule has 4 heteroatoms. The Morgan fingerprint density at radius 1 is 1.53 bits per heavy atom. The van der Waals surface area contributed by atoms with E-state index in [0.717, 1.165) is 13.1 Å². The average molecular weight is 215 g/mol. The standard InChI is InChI=1S/C11H25N3O/c1-11(8-12,9-15-4)14-6-5-10(7-14)13(2)3/h10H,5-9,12H2,1-4H3. The molecule has 1 aliphatic heterocycles. The number of hydrogen-bond acceptors (Lipinski definition) is 4. The first-order valence-electron chi connectivity index (χ1n) is 5.64. The summed E-state index contributed by atoms with van der Waals surface area (Å²) in [5.41, 5.74) is 5.86. The molecule has 0 aromatic heterocycles. The van der Waals surface area contributed by atoms with Crippen molar-refractivity contribution in [2.75, 3.05) is 47.4 Å². The smallest absolute Gasteiger partial charge is 0.0656 e. The predicted octanol–water partition coefficient (Wildman–Crippen LogP) is -0.0139. The van der Waals surface area contributed by atoms with Gasteiger partial charge in [-0.15, -0.1) is 0 Å². The SMILES string of the molecule is COCC(C)(CN)N1CCC(N(C)C)C1. The number of ether oxygens (including phenoxy) is 1. The van der Waals surface area contributed by atoms with E-state index < -0.39 is 0 Å². The molecule has 0 aromatic carbocycles. The first-order chi connectivity index (χ1) is 7.03. The van der Waals surface area contributed by atoms with E-state index in [2.05, 4.69) is 30.8 Å². The molecule has 0 spiro atoms. The lowest BCUT2D eigenvalue weighted by molar-refractivity contribution is 0.0386. The number of nitrogens with zero attached hydrogens (tertiary/aromatic N) is 2. The van der Waals surface area contributed by atoms with Crippen molar-refractivity contribution >= 4 is 0 Å². The van der Waals surface area contributed by atoms with E-state index in [1.807, 2.05) is 0 Å². The fourth-order valence-corrected chi connectivity index (χ4v) is 2.24. The van der Waals surface area contributed by atoms with Crippen molar-refractivity contribution in [2.45, 2.75) is 24.9 Å². The normalized spacial score (nSPS) is 27.2. The van der Waals surface area contributed by atoms with Crippen molar-refractivity contribution in [1.82, 2.24) is 9.80 Å². The van der Waals surface area contributed by atoms with Crippen LogP contribution in [0.25, 0.3) is 0 Å². The van der Waals surface area contributed by atoms with E-state index in [9.17, 15) is 0 Å². The van der Waals surface area contributed by atoms with E-state index in [1.54, 1.807) is 7.11 Å². The maximum Gasteiger partial charge on any atom is 0.0656 e. The van der Waals surface area contributed by atoms with E-state index in [-0.39, 0.29) is 5.54 Å².